The van der Waals surface area contributed by atoms with E-state index < -0.39 is 17.6 Å². The third kappa shape index (κ3) is 1.91. The predicted octanol–water partition coefficient (Wildman–Crippen LogP) is -0.512. The first-order valence-electron chi connectivity index (χ1n) is 3.60. The van der Waals surface area contributed by atoms with E-state index >= 15 is 0 Å². The number of rotatable bonds is 2. The maximum absolute atomic E-state index is 11.1. The van der Waals surface area contributed by atoms with Crippen molar-refractivity contribution in [3.63, 3.8) is 0 Å². The Balaban J connectivity index is 3.21. The highest BCUT2D eigenvalue weighted by Gasteiger charge is 2.10. The maximum atomic E-state index is 11.1. The highest BCUT2D eigenvalue weighted by Crippen LogP contribution is 1.98. The van der Waals surface area contributed by atoms with E-state index in [2.05, 4.69) is 9.97 Å². The van der Waals surface area contributed by atoms with Crippen molar-refractivity contribution in [2.45, 2.75) is 13.0 Å². The molecule has 70 valence electrons. The van der Waals surface area contributed by atoms with Gasteiger partial charge in [0, 0.05) is 6.20 Å². The van der Waals surface area contributed by atoms with Crippen LogP contribution in [0.2, 0.25) is 0 Å². The lowest BCUT2D eigenvalue weighted by Crippen LogP contribution is -2.22. The summed E-state index contributed by atoms with van der Waals surface area (Å²) in [5.74, 6) is -1.03. The van der Waals surface area contributed by atoms with Gasteiger partial charge in [-0.05, 0) is 6.92 Å². The Hall–Kier alpha value is -1.69. The minimum absolute atomic E-state index is 0.273. The van der Waals surface area contributed by atoms with Crippen LogP contribution in [0.1, 0.15) is 29.1 Å². The molecule has 6 nitrogen and oxygen atoms in total. The van der Waals surface area contributed by atoms with Gasteiger partial charge in [-0.2, -0.15) is 0 Å². The minimum atomic E-state index is -1.30. The lowest BCUT2D eigenvalue weighted by atomic mass is 10.3. The fourth-order valence-corrected chi connectivity index (χ4v) is 0.792. The number of aromatic carboxylic acids is 1. The molecule has 6 heteroatoms. The highest BCUT2D eigenvalue weighted by atomic mass is 16.4. The number of nitrogens with zero attached hydrogens (tertiary/aromatic N) is 1. The molecule has 0 saturated carbocycles. The molecule has 0 aliphatic heterocycles. The van der Waals surface area contributed by atoms with E-state index in [4.69, 9.17) is 10.8 Å². The van der Waals surface area contributed by atoms with Crippen LogP contribution in [-0.2, 0) is 0 Å². The summed E-state index contributed by atoms with van der Waals surface area (Å²) in [4.78, 5) is 27.4. The molecule has 13 heavy (non-hydrogen) atoms. The summed E-state index contributed by atoms with van der Waals surface area (Å²) in [6, 6.07) is -0.421. The lowest BCUT2D eigenvalue weighted by Gasteiger charge is -2.02. The SMILES string of the molecule is CC(N)c1ncc(C(=O)O)c(=O)[nH]1. The van der Waals surface area contributed by atoms with Crippen molar-refractivity contribution < 1.29 is 9.90 Å². The fourth-order valence-electron chi connectivity index (χ4n) is 0.792. The molecule has 0 aliphatic carbocycles. The molecule has 1 rings (SSSR count). The third-order valence-corrected chi connectivity index (χ3v) is 1.48. The summed E-state index contributed by atoms with van der Waals surface area (Å²) in [5.41, 5.74) is 4.36. The quantitative estimate of drug-likeness (QED) is 0.572. The molecule has 0 radical (unpaired) electrons. The van der Waals surface area contributed by atoms with E-state index in [0.717, 1.165) is 6.20 Å². The number of hydrogen-bond donors (Lipinski definition) is 3. The number of aromatic nitrogens is 2. The van der Waals surface area contributed by atoms with Gasteiger partial charge in [0.05, 0.1) is 6.04 Å². The zero-order valence-electron chi connectivity index (χ0n) is 6.94. The number of nitrogens with two attached hydrogens (primary N) is 1. The molecule has 0 amide bonds. The second-order valence-electron chi connectivity index (χ2n) is 2.61. The average Bonchev–Trinajstić information content (AvgIpc) is 2.03. The molecule has 0 bridgehead atoms. The number of H-pyrrole nitrogens is 1. The van der Waals surface area contributed by atoms with Gasteiger partial charge in [0.25, 0.3) is 5.56 Å². The van der Waals surface area contributed by atoms with Crippen LogP contribution in [0.4, 0.5) is 0 Å². The minimum Gasteiger partial charge on any atom is -0.477 e. The van der Waals surface area contributed by atoms with Crippen molar-refractivity contribution in [2.75, 3.05) is 0 Å². The molecule has 1 aromatic heterocycles. The molecule has 1 unspecified atom stereocenters. The Kier molecular flexibility index (Phi) is 2.43. The van der Waals surface area contributed by atoms with Crippen molar-refractivity contribution in [2.24, 2.45) is 5.73 Å². The van der Waals surface area contributed by atoms with E-state index in [1.807, 2.05) is 0 Å². The van der Waals surface area contributed by atoms with E-state index in [1.165, 1.54) is 0 Å². The normalized spacial score (nSPS) is 12.5. The van der Waals surface area contributed by atoms with E-state index in [0.29, 0.717) is 0 Å². The van der Waals surface area contributed by atoms with Gasteiger partial charge in [0.2, 0.25) is 0 Å². The smallest absolute Gasteiger partial charge is 0.342 e. The largest absolute Gasteiger partial charge is 0.477 e. The highest BCUT2D eigenvalue weighted by molar-refractivity contribution is 5.86. The first-order valence-corrected chi connectivity index (χ1v) is 3.60. The second-order valence-corrected chi connectivity index (χ2v) is 2.61. The molecule has 1 aromatic rings. The van der Waals surface area contributed by atoms with Crippen LogP contribution < -0.4 is 11.3 Å². The molecule has 4 N–H and O–H groups in total. The molecule has 0 aromatic carbocycles. The van der Waals surface area contributed by atoms with Crippen molar-refractivity contribution in [1.82, 2.24) is 9.97 Å². The Morgan fingerprint density at radius 3 is 2.77 bits per heavy atom. The van der Waals surface area contributed by atoms with Crippen molar-refractivity contribution >= 4 is 5.97 Å². The standard InChI is InChI=1S/C7H9N3O3/c1-3(8)5-9-2-4(7(12)13)6(11)10-5/h2-3H,8H2,1H3,(H,12,13)(H,9,10,11). The molecule has 0 aliphatic rings. The second kappa shape index (κ2) is 3.36. The monoisotopic (exact) mass is 183 g/mol. The molecule has 0 spiro atoms. The number of aromatic amines is 1. The van der Waals surface area contributed by atoms with Crippen LogP contribution in [0.5, 0.6) is 0 Å². The van der Waals surface area contributed by atoms with Gasteiger partial charge in [-0.25, -0.2) is 9.78 Å². The molecular weight excluding hydrogens is 174 g/mol. The van der Waals surface area contributed by atoms with Crippen LogP contribution in [-0.4, -0.2) is 21.0 Å². The summed E-state index contributed by atoms with van der Waals surface area (Å²) in [6.07, 6.45) is 1.000. The molecule has 0 saturated heterocycles. The van der Waals surface area contributed by atoms with Crippen LogP contribution in [0, 0.1) is 0 Å². The number of carbonyl (C=O) groups is 1. The summed E-state index contributed by atoms with van der Waals surface area (Å²) in [6.45, 7) is 1.64. The van der Waals surface area contributed by atoms with E-state index in [1.54, 1.807) is 6.92 Å². The first kappa shape index (κ1) is 9.40. The Bertz CT molecular complexity index is 383. The number of hydrogen-bond acceptors (Lipinski definition) is 4. The maximum Gasteiger partial charge on any atom is 0.342 e. The van der Waals surface area contributed by atoms with Crippen molar-refractivity contribution in [1.29, 1.82) is 0 Å². The van der Waals surface area contributed by atoms with Gasteiger partial charge >= 0.3 is 5.97 Å². The summed E-state index contributed by atoms with van der Waals surface area (Å²) < 4.78 is 0. The summed E-state index contributed by atoms with van der Waals surface area (Å²) >= 11 is 0. The number of nitrogens with one attached hydrogen (secondary N) is 1. The van der Waals surface area contributed by atoms with Gasteiger partial charge in [0.1, 0.15) is 11.4 Å². The van der Waals surface area contributed by atoms with Crippen molar-refractivity contribution in [3.8, 4) is 0 Å². The fraction of sp³-hybridized carbons (Fsp3) is 0.286. The van der Waals surface area contributed by atoms with E-state index in [-0.39, 0.29) is 11.4 Å². The third-order valence-electron chi connectivity index (χ3n) is 1.48. The Morgan fingerprint density at radius 2 is 2.38 bits per heavy atom. The van der Waals surface area contributed by atoms with E-state index in [9.17, 15) is 9.59 Å². The van der Waals surface area contributed by atoms with Gasteiger partial charge in [-0.15, -0.1) is 0 Å². The number of carboxylic acid groups (broad SMARTS) is 1. The lowest BCUT2D eigenvalue weighted by molar-refractivity contribution is 0.0694. The van der Waals surface area contributed by atoms with Crippen LogP contribution >= 0.6 is 0 Å². The summed E-state index contributed by atoms with van der Waals surface area (Å²) in [7, 11) is 0. The van der Waals surface area contributed by atoms with Crippen LogP contribution in [0.3, 0.4) is 0 Å². The van der Waals surface area contributed by atoms with Gasteiger partial charge in [-0.3, -0.25) is 4.79 Å². The van der Waals surface area contributed by atoms with Gasteiger partial charge in [0.15, 0.2) is 0 Å². The van der Waals surface area contributed by atoms with Crippen LogP contribution in [0.15, 0.2) is 11.0 Å². The van der Waals surface area contributed by atoms with Crippen LogP contribution in [0.25, 0.3) is 0 Å². The average molecular weight is 183 g/mol. The molecule has 1 heterocycles. The Labute approximate surface area is 73.4 Å². The van der Waals surface area contributed by atoms with Gasteiger partial charge in [-0.1, -0.05) is 0 Å². The zero-order valence-corrected chi connectivity index (χ0v) is 6.94. The number of carboxylic acids is 1. The summed E-state index contributed by atoms with van der Waals surface area (Å²) in [5, 5.41) is 8.50. The van der Waals surface area contributed by atoms with Crippen molar-refractivity contribution in [3.05, 3.63) is 27.9 Å². The Morgan fingerprint density at radius 1 is 1.77 bits per heavy atom. The van der Waals surface area contributed by atoms with Gasteiger partial charge < -0.3 is 15.8 Å². The molecular formula is C7H9N3O3. The first-order chi connectivity index (χ1) is 6.02. The molecule has 0 fully saturated rings. The molecule has 1 atom stereocenters. The predicted molar refractivity (Wildman–Crippen MR) is 44.4 cm³/mol. The zero-order chi connectivity index (χ0) is 10.0. The topological polar surface area (TPSA) is 109 Å².